The summed E-state index contributed by atoms with van der Waals surface area (Å²) < 4.78 is 0. The van der Waals surface area contributed by atoms with Gasteiger partial charge in [-0.15, -0.1) is 0 Å². The third-order valence-electron chi connectivity index (χ3n) is 2.41. The lowest BCUT2D eigenvalue weighted by Crippen LogP contribution is -1.80. The van der Waals surface area contributed by atoms with Crippen molar-refractivity contribution >= 4 is 0 Å². The summed E-state index contributed by atoms with van der Waals surface area (Å²) in [5, 5.41) is 8.29. The molecule has 1 aliphatic rings. The largest absolute Gasteiger partial charge is 0.396 e. The summed E-state index contributed by atoms with van der Waals surface area (Å²) in [6, 6.07) is 0. The van der Waals surface area contributed by atoms with Gasteiger partial charge in [-0.25, -0.2) is 0 Å². The van der Waals surface area contributed by atoms with Gasteiger partial charge in [0.05, 0.1) is 0 Å². The van der Waals surface area contributed by atoms with Gasteiger partial charge < -0.3 is 5.11 Å². The number of rotatable bonds is 6. The summed E-state index contributed by atoms with van der Waals surface area (Å²) in [7, 11) is 0. The standard InChI is InChI=1S/C6H14O.C6H12/c1-2-3-4-5-6-7;1-2-3-6-4-5-6/h7H,2-6H2,1H3;6H,2-5H2,1H3. The zero-order chi connectivity index (χ0) is 9.94. The SMILES string of the molecule is CCCC1CC1.CCCCCCO. The fraction of sp³-hybridized carbons (Fsp3) is 1.00. The third-order valence-corrected chi connectivity index (χ3v) is 2.41. The van der Waals surface area contributed by atoms with Crippen molar-refractivity contribution in [1.82, 2.24) is 0 Å². The molecule has 0 heterocycles. The molecular formula is C12H26O. The quantitative estimate of drug-likeness (QED) is 0.626. The molecule has 1 heteroatoms. The van der Waals surface area contributed by atoms with Crippen molar-refractivity contribution < 1.29 is 5.11 Å². The molecule has 13 heavy (non-hydrogen) atoms. The van der Waals surface area contributed by atoms with Gasteiger partial charge in [0.15, 0.2) is 0 Å². The van der Waals surface area contributed by atoms with E-state index >= 15 is 0 Å². The highest BCUT2D eigenvalue weighted by Gasteiger charge is 2.18. The van der Waals surface area contributed by atoms with Crippen LogP contribution in [0.3, 0.4) is 0 Å². The van der Waals surface area contributed by atoms with Crippen LogP contribution in [-0.4, -0.2) is 11.7 Å². The molecule has 0 aromatic heterocycles. The highest BCUT2D eigenvalue weighted by atomic mass is 16.2. The highest BCUT2D eigenvalue weighted by molar-refractivity contribution is 4.71. The van der Waals surface area contributed by atoms with Crippen LogP contribution in [-0.2, 0) is 0 Å². The molecule has 0 aliphatic heterocycles. The molecule has 0 bridgehead atoms. The maximum absolute atomic E-state index is 8.29. The summed E-state index contributed by atoms with van der Waals surface area (Å²) in [6.45, 7) is 4.79. The van der Waals surface area contributed by atoms with E-state index in [1.54, 1.807) is 0 Å². The molecule has 1 rings (SSSR count). The Hall–Kier alpha value is -0.0400. The molecule has 0 unspecified atom stereocenters. The molecule has 1 nitrogen and oxygen atoms in total. The van der Waals surface area contributed by atoms with Crippen molar-refractivity contribution in [2.45, 2.75) is 65.2 Å². The lowest BCUT2D eigenvalue weighted by atomic mass is 10.2. The van der Waals surface area contributed by atoms with Crippen LogP contribution in [0.1, 0.15) is 65.2 Å². The van der Waals surface area contributed by atoms with Gasteiger partial charge in [-0.05, 0) is 12.3 Å². The summed E-state index contributed by atoms with van der Waals surface area (Å²) in [6.07, 6.45) is 10.6. The number of hydrogen-bond acceptors (Lipinski definition) is 1. The normalized spacial score (nSPS) is 15.0. The fourth-order valence-corrected chi connectivity index (χ4v) is 1.35. The minimum Gasteiger partial charge on any atom is -0.396 e. The van der Waals surface area contributed by atoms with Gasteiger partial charge >= 0.3 is 0 Å². The van der Waals surface area contributed by atoms with Gasteiger partial charge in [0.2, 0.25) is 0 Å². The average molecular weight is 186 g/mol. The second-order valence-corrected chi connectivity index (χ2v) is 4.02. The molecule has 0 saturated heterocycles. The van der Waals surface area contributed by atoms with Crippen LogP contribution in [0.2, 0.25) is 0 Å². The van der Waals surface area contributed by atoms with E-state index in [4.69, 9.17) is 5.11 Å². The Labute approximate surface area is 83.5 Å². The lowest BCUT2D eigenvalue weighted by Gasteiger charge is -1.90. The summed E-state index contributed by atoms with van der Waals surface area (Å²) in [5.74, 6) is 1.15. The topological polar surface area (TPSA) is 20.2 Å². The number of hydrogen-bond donors (Lipinski definition) is 1. The maximum atomic E-state index is 8.29. The molecule has 1 fully saturated rings. The molecule has 80 valence electrons. The summed E-state index contributed by atoms with van der Waals surface area (Å²) >= 11 is 0. The molecular weight excluding hydrogens is 160 g/mol. The molecule has 0 aromatic rings. The summed E-state index contributed by atoms with van der Waals surface area (Å²) in [5.41, 5.74) is 0. The van der Waals surface area contributed by atoms with E-state index in [1.165, 1.54) is 44.9 Å². The predicted molar refractivity (Wildman–Crippen MR) is 58.9 cm³/mol. The van der Waals surface area contributed by atoms with E-state index in [0.717, 1.165) is 12.3 Å². The highest BCUT2D eigenvalue weighted by Crippen LogP contribution is 2.32. The van der Waals surface area contributed by atoms with Crippen LogP contribution >= 0.6 is 0 Å². The number of aliphatic hydroxyl groups excluding tert-OH is 1. The fourth-order valence-electron chi connectivity index (χ4n) is 1.35. The van der Waals surface area contributed by atoms with Gasteiger partial charge in [0.25, 0.3) is 0 Å². The van der Waals surface area contributed by atoms with Crippen molar-refractivity contribution in [2.75, 3.05) is 6.61 Å². The second kappa shape index (κ2) is 10.0. The van der Waals surface area contributed by atoms with Crippen molar-refractivity contribution in [3.05, 3.63) is 0 Å². The molecule has 0 amide bonds. The van der Waals surface area contributed by atoms with E-state index < -0.39 is 0 Å². The Kier molecular flexibility index (Phi) is 10.0. The Bertz CT molecular complexity index is 83.1. The van der Waals surface area contributed by atoms with Crippen LogP contribution < -0.4 is 0 Å². The van der Waals surface area contributed by atoms with Crippen molar-refractivity contribution in [1.29, 1.82) is 0 Å². The predicted octanol–water partition coefficient (Wildman–Crippen LogP) is 3.76. The molecule has 0 spiro atoms. The Balaban J connectivity index is 0.000000223. The van der Waals surface area contributed by atoms with E-state index in [1.807, 2.05) is 0 Å². The van der Waals surface area contributed by atoms with Gasteiger partial charge in [0.1, 0.15) is 0 Å². The monoisotopic (exact) mass is 186 g/mol. The van der Waals surface area contributed by atoms with Crippen molar-refractivity contribution in [3.8, 4) is 0 Å². The van der Waals surface area contributed by atoms with Crippen molar-refractivity contribution in [2.24, 2.45) is 5.92 Å². The Morgan fingerprint density at radius 1 is 1.00 bits per heavy atom. The van der Waals surface area contributed by atoms with Crippen LogP contribution in [0.4, 0.5) is 0 Å². The molecule has 1 saturated carbocycles. The zero-order valence-corrected chi connectivity index (χ0v) is 9.39. The molecule has 0 atom stereocenters. The van der Waals surface area contributed by atoms with Gasteiger partial charge in [0, 0.05) is 6.61 Å². The van der Waals surface area contributed by atoms with E-state index in [0.29, 0.717) is 6.61 Å². The first-order chi connectivity index (χ1) is 6.35. The Morgan fingerprint density at radius 3 is 2.00 bits per heavy atom. The minimum absolute atomic E-state index is 0.361. The van der Waals surface area contributed by atoms with Crippen LogP contribution in [0, 0.1) is 5.92 Å². The summed E-state index contributed by atoms with van der Waals surface area (Å²) in [4.78, 5) is 0. The van der Waals surface area contributed by atoms with Crippen LogP contribution in [0.5, 0.6) is 0 Å². The smallest absolute Gasteiger partial charge is 0.0431 e. The van der Waals surface area contributed by atoms with Crippen LogP contribution in [0.25, 0.3) is 0 Å². The third kappa shape index (κ3) is 12.0. The van der Waals surface area contributed by atoms with Gasteiger partial charge in [-0.1, -0.05) is 58.8 Å². The number of unbranched alkanes of at least 4 members (excludes halogenated alkanes) is 3. The first-order valence-corrected chi connectivity index (χ1v) is 5.96. The van der Waals surface area contributed by atoms with Gasteiger partial charge in [-0.3, -0.25) is 0 Å². The zero-order valence-electron chi connectivity index (χ0n) is 9.39. The van der Waals surface area contributed by atoms with Gasteiger partial charge in [-0.2, -0.15) is 0 Å². The first-order valence-electron chi connectivity index (χ1n) is 5.96. The molecule has 0 radical (unpaired) electrons. The van der Waals surface area contributed by atoms with Crippen molar-refractivity contribution in [3.63, 3.8) is 0 Å². The van der Waals surface area contributed by atoms with E-state index in [2.05, 4.69) is 13.8 Å². The van der Waals surface area contributed by atoms with E-state index in [-0.39, 0.29) is 0 Å². The maximum Gasteiger partial charge on any atom is 0.0431 e. The average Bonchev–Trinajstić information content (AvgIpc) is 2.91. The van der Waals surface area contributed by atoms with E-state index in [9.17, 15) is 0 Å². The lowest BCUT2D eigenvalue weighted by molar-refractivity contribution is 0.283. The number of aliphatic hydroxyl groups is 1. The second-order valence-electron chi connectivity index (χ2n) is 4.02. The first kappa shape index (κ1) is 13.0. The van der Waals surface area contributed by atoms with Crippen LogP contribution in [0.15, 0.2) is 0 Å². The molecule has 1 aliphatic carbocycles. The minimum atomic E-state index is 0.361. The molecule has 0 aromatic carbocycles. The Morgan fingerprint density at radius 2 is 1.69 bits per heavy atom. The molecule has 1 N–H and O–H groups in total.